The van der Waals surface area contributed by atoms with Crippen molar-refractivity contribution >= 4 is 40.9 Å². The summed E-state index contributed by atoms with van der Waals surface area (Å²) in [5.74, 6) is 1.62. The first-order valence-electron chi connectivity index (χ1n) is 11.8. The molecule has 0 atom stereocenters. The van der Waals surface area contributed by atoms with Crippen LogP contribution >= 0.6 is 35.0 Å². The summed E-state index contributed by atoms with van der Waals surface area (Å²) in [4.78, 5) is 16.4. The molecule has 1 N–H and O–H groups in total. The zero-order chi connectivity index (χ0) is 25.3. The second-order valence-electron chi connectivity index (χ2n) is 8.33. The Balaban J connectivity index is 1.34. The van der Waals surface area contributed by atoms with Gasteiger partial charge < -0.3 is 5.32 Å². The Hall–Kier alpha value is -2.87. The van der Waals surface area contributed by atoms with Crippen LogP contribution in [0.4, 0.5) is 0 Å². The zero-order valence-electron chi connectivity index (χ0n) is 20.0. The second-order valence-corrected chi connectivity index (χ2v) is 10.2. The van der Waals surface area contributed by atoms with Crippen molar-refractivity contribution in [3.63, 3.8) is 0 Å². The molecule has 2 aromatic heterocycles. The van der Waals surface area contributed by atoms with Crippen molar-refractivity contribution in [3.05, 3.63) is 88.2 Å². The Bertz CT molecular complexity index is 1300. The molecular formula is C27H27Cl2N5OS. The lowest BCUT2D eigenvalue weighted by Gasteiger charge is -2.11. The fraction of sp³-hybridized carbons (Fsp3) is 0.259. The van der Waals surface area contributed by atoms with Crippen molar-refractivity contribution < 1.29 is 4.79 Å². The largest absolute Gasteiger partial charge is 0.356 e. The van der Waals surface area contributed by atoms with E-state index in [0.717, 1.165) is 52.9 Å². The Morgan fingerprint density at radius 2 is 1.83 bits per heavy atom. The molecule has 0 saturated carbocycles. The van der Waals surface area contributed by atoms with Crippen LogP contribution in [0.5, 0.6) is 0 Å². The summed E-state index contributed by atoms with van der Waals surface area (Å²) in [6, 6.07) is 19.5. The van der Waals surface area contributed by atoms with E-state index in [1.807, 2.05) is 47.0 Å². The van der Waals surface area contributed by atoms with Crippen LogP contribution in [0.1, 0.15) is 30.5 Å². The highest BCUT2D eigenvalue weighted by molar-refractivity contribution is 7.99. The van der Waals surface area contributed by atoms with Gasteiger partial charge >= 0.3 is 0 Å². The lowest BCUT2D eigenvalue weighted by molar-refractivity contribution is -0.121. The molecule has 0 aliphatic rings. The molecule has 0 aliphatic carbocycles. The van der Waals surface area contributed by atoms with E-state index in [-0.39, 0.29) is 5.91 Å². The van der Waals surface area contributed by atoms with Crippen molar-refractivity contribution in [2.45, 2.75) is 37.8 Å². The minimum Gasteiger partial charge on any atom is -0.356 e. The van der Waals surface area contributed by atoms with E-state index in [1.165, 1.54) is 5.56 Å². The van der Waals surface area contributed by atoms with Gasteiger partial charge in [-0.25, -0.2) is 0 Å². The van der Waals surface area contributed by atoms with Crippen molar-refractivity contribution in [2.75, 3.05) is 12.3 Å². The van der Waals surface area contributed by atoms with Crippen LogP contribution < -0.4 is 5.32 Å². The molecular weight excluding hydrogens is 513 g/mol. The molecule has 0 fully saturated rings. The number of aryl methyl sites for hydroxylation is 1. The van der Waals surface area contributed by atoms with Crippen LogP contribution in [-0.4, -0.2) is 38.0 Å². The standard InChI is InChI=1S/C27H27Cl2N5OS/c1-19-8-10-20(11-9-19)26-32-33-27(34(26)22-12-13-23(28)24(29)18-22)36-17-5-3-7-25(35)31-16-14-21-6-2-4-15-30-21/h2,4,6,8-13,15,18H,3,5,7,14,16-17H2,1H3,(H,31,35). The molecule has 0 bridgehead atoms. The summed E-state index contributed by atoms with van der Waals surface area (Å²) in [5.41, 5.74) is 3.97. The Morgan fingerprint density at radius 1 is 1.00 bits per heavy atom. The maximum Gasteiger partial charge on any atom is 0.220 e. The van der Waals surface area contributed by atoms with E-state index in [1.54, 1.807) is 24.0 Å². The molecule has 1 amide bonds. The second kappa shape index (κ2) is 12.9. The van der Waals surface area contributed by atoms with Gasteiger partial charge in [0.05, 0.1) is 15.7 Å². The molecule has 0 spiro atoms. The number of benzene rings is 2. The third kappa shape index (κ3) is 7.09. The maximum atomic E-state index is 12.2. The monoisotopic (exact) mass is 539 g/mol. The molecule has 9 heteroatoms. The molecule has 0 unspecified atom stereocenters. The number of pyridine rings is 1. The van der Waals surface area contributed by atoms with Gasteiger partial charge in [-0.2, -0.15) is 0 Å². The van der Waals surface area contributed by atoms with Gasteiger partial charge in [0.2, 0.25) is 5.91 Å². The van der Waals surface area contributed by atoms with Gasteiger partial charge in [0.15, 0.2) is 11.0 Å². The first-order valence-corrected chi connectivity index (χ1v) is 13.5. The van der Waals surface area contributed by atoms with Gasteiger partial charge in [-0.1, -0.05) is 70.9 Å². The average Bonchev–Trinajstić information content (AvgIpc) is 3.30. The molecule has 2 aromatic carbocycles. The molecule has 2 heterocycles. The SMILES string of the molecule is Cc1ccc(-c2nnc(SCCCCC(=O)NCCc3ccccn3)n2-c2ccc(Cl)c(Cl)c2)cc1. The average molecular weight is 541 g/mol. The Kier molecular flexibility index (Phi) is 9.39. The topological polar surface area (TPSA) is 72.7 Å². The van der Waals surface area contributed by atoms with E-state index >= 15 is 0 Å². The van der Waals surface area contributed by atoms with Gasteiger partial charge in [-0.15, -0.1) is 10.2 Å². The van der Waals surface area contributed by atoms with E-state index in [4.69, 9.17) is 23.2 Å². The zero-order valence-corrected chi connectivity index (χ0v) is 22.3. The Labute approximate surface area is 225 Å². The van der Waals surface area contributed by atoms with Gasteiger partial charge in [-0.3, -0.25) is 14.3 Å². The number of nitrogens with zero attached hydrogens (tertiary/aromatic N) is 4. The fourth-order valence-corrected chi connectivity index (χ4v) is 4.87. The number of hydrogen-bond acceptors (Lipinski definition) is 5. The molecule has 0 aliphatic heterocycles. The smallest absolute Gasteiger partial charge is 0.220 e. The predicted octanol–water partition coefficient (Wildman–Crippen LogP) is 6.57. The van der Waals surface area contributed by atoms with E-state index in [0.29, 0.717) is 23.0 Å². The van der Waals surface area contributed by atoms with Crippen LogP contribution in [0.2, 0.25) is 10.0 Å². The lowest BCUT2D eigenvalue weighted by Crippen LogP contribution is -2.25. The molecule has 0 saturated heterocycles. The van der Waals surface area contributed by atoms with Crippen LogP contribution in [0.15, 0.2) is 72.0 Å². The fourth-order valence-electron chi connectivity index (χ4n) is 3.63. The van der Waals surface area contributed by atoms with Crippen molar-refractivity contribution in [2.24, 2.45) is 0 Å². The third-order valence-corrected chi connectivity index (χ3v) is 7.32. The summed E-state index contributed by atoms with van der Waals surface area (Å²) in [6.45, 7) is 2.65. The number of carbonyl (C=O) groups excluding carboxylic acids is 1. The maximum absolute atomic E-state index is 12.2. The van der Waals surface area contributed by atoms with Gasteiger partial charge in [0.25, 0.3) is 0 Å². The molecule has 6 nitrogen and oxygen atoms in total. The lowest BCUT2D eigenvalue weighted by atomic mass is 10.1. The molecule has 186 valence electrons. The van der Waals surface area contributed by atoms with Crippen LogP contribution in [-0.2, 0) is 11.2 Å². The van der Waals surface area contributed by atoms with Gasteiger partial charge in [0, 0.05) is 42.6 Å². The number of unbranched alkanes of at least 4 members (excludes halogenated alkanes) is 1. The highest BCUT2D eigenvalue weighted by atomic mass is 35.5. The minimum absolute atomic E-state index is 0.0663. The first kappa shape index (κ1) is 26.2. The van der Waals surface area contributed by atoms with Crippen LogP contribution in [0.3, 0.4) is 0 Å². The van der Waals surface area contributed by atoms with Gasteiger partial charge in [-0.05, 0) is 50.1 Å². The van der Waals surface area contributed by atoms with Crippen molar-refractivity contribution in [1.82, 2.24) is 25.1 Å². The Morgan fingerprint density at radius 3 is 2.58 bits per heavy atom. The predicted molar refractivity (Wildman–Crippen MR) is 147 cm³/mol. The number of carbonyl (C=O) groups is 1. The molecule has 4 rings (SSSR count). The summed E-state index contributed by atoms with van der Waals surface area (Å²) in [6.07, 6.45) is 4.68. The number of rotatable bonds is 11. The van der Waals surface area contributed by atoms with E-state index in [9.17, 15) is 4.79 Å². The quantitative estimate of drug-likeness (QED) is 0.172. The summed E-state index contributed by atoms with van der Waals surface area (Å²) < 4.78 is 2.00. The number of halogens is 2. The summed E-state index contributed by atoms with van der Waals surface area (Å²) in [5, 5.41) is 13.6. The molecule has 0 radical (unpaired) electrons. The number of thioether (sulfide) groups is 1. The molecule has 36 heavy (non-hydrogen) atoms. The van der Waals surface area contributed by atoms with Crippen molar-refractivity contribution in [1.29, 1.82) is 0 Å². The highest BCUT2D eigenvalue weighted by Crippen LogP contribution is 2.31. The number of nitrogens with one attached hydrogen (secondary N) is 1. The molecule has 4 aromatic rings. The number of amides is 1. The summed E-state index contributed by atoms with van der Waals surface area (Å²) in [7, 11) is 0. The highest BCUT2D eigenvalue weighted by Gasteiger charge is 2.17. The van der Waals surface area contributed by atoms with Crippen LogP contribution in [0.25, 0.3) is 17.1 Å². The summed E-state index contributed by atoms with van der Waals surface area (Å²) >= 11 is 14.1. The first-order chi connectivity index (χ1) is 17.5. The minimum atomic E-state index is 0.0663. The number of aromatic nitrogens is 4. The van der Waals surface area contributed by atoms with E-state index < -0.39 is 0 Å². The van der Waals surface area contributed by atoms with Crippen molar-refractivity contribution in [3.8, 4) is 17.1 Å². The van der Waals surface area contributed by atoms with Gasteiger partial charge in [0.1, 0.15) is 0 Å². The van der Waals surface area contributed by atoms with Crippen LogP contribution in [0, 0.1) is 6.92 Å². The van der Waals surface area contributed by atoms with E-state index in [2.05, 4.69) is 39.6 Å². The number of hydrogen-bond donors (Lipinski definition) is 1. The third-order valence-electron chi connectivity index (χ3n) is 5.56. The normalized spacial score (nSPS) is 11.0.